The molecule has 1 amide bonds. The van der Waals surface area contributed by atoms with Gasteiger partial charge in [0.15, 0.2) is 11.4 Å². The van der Waals surface area contributed by atoms with Crippen LogP contribution in [0.2, 0.25) is 0 Å². The minimum atomic E-state index is -0.939. The zero-order chi connectivity index (χ0) is 20.2. The van der Waals surface area contributed by atoms with Gasteiger partial charge in [-0.05, 0) is 30.5 Å². The van der Waals surface area contributed by atoms with Crippen molar-refractivity contribution in [3.63, 3.8) is 0 Å². The second-order valence-corrected chi connectivity index (χ2v) is 7.76. The number of benzene rings is 1. The second-order valence-electron chi connectivity index (χ2n) is 7.76. The molecule has 0 radical (unpaired) electrons. The minimum absolute atomic E-state index is 0.130. The zero-order valence-electron chi connectivity index (χ0n) is 15.5. The lowest BCUT2D eigenvalue weighted by Gasteiger charge is -2.37. The van der Waals surface area contributed by atoms with Gasteiger partial charge in [-0.2, -0.15) is 0 Å². The lowest BCUT2D eigenvalue weighted by molar-refractivity contribution is -0.140. The van der Waals surface area contributed by atoms with Crippen LogP contribution in [0.1, 0.15) is 37.3 Å². The Balaban J connectivity index is 1.34. The molecule has 3 saturated heterocycles. The van der Waals surface area contributed by atoms with Crippen molar-refractivity contribution in [1.82, 2.24) is 14.9 Å². The van der Waals surface area contributed by atoms with Crippen LogP contribution in [0, 0.1) is 17.5 Å². The van der Waals surface area contributed by atoms with Crippen LogP contribution in [0.4, 0.5) is 19.1 Å². The van der Waals surface area contributed by atoms with Crippen LogP contribution in [0.15, 0.2) is 30.6 Å². The summed E-state index contributed by atoms with van der Waals surface area (Å²) in [5.74, 6) is -1.52. The molecule has 2 unspecified atom stereocenters. The number of hydrogen-bond acceptors (Lipinski definition) is 5. The van der Waals surface area contributed by atoms with Gasteiger partial charge in [-0.1, -0.05) is 0 Å². The van der Waals surface area contributed by atoms with E-state index in [4.69, 9.17) is 4.74 Å². The SMILES string of the molecule is O=C1N2C(CCC2c2cc(F)cc(F)c2)OC12CCN(c1ncc(F)cn1)CC2. The van der Waals surface area contributed by atoms with Gasteiger partial charge in [0.05, 0.1) is 18.4 Å². The molecule has 1 aromatic carbocycles. The number of hydrogen-bond donors (Lipinski definition) is 0. The van der Waals surface area contributed by atoms with Crippen molar-refractivity contribution in [2.24, 2.45) is 0 Å². The summed E-state index contributed by atoms with van der Waals surface area (Å²) in [4.78, 5) is 24.9. The number of rotatable bonds is 2. The average molecular weight is 404 g/mol. The molecule has 0 bridgehead atoms. The maximum absolute atomic E-state index is 13.7. The molecule has 5 rings (SSSR count). The van der Waals surface area contributed by atoms with E-state index >= 15 is 0 Å². The zero-order valence-corrected chi connectivity index (χ0v) is 15.5. The molecule has 1 aromatic heterocycles. The van der Waals surface area contributed by atoms with Gasteiger partial charge in [0.1, 0.15) is 17.9 Å². The molecule has 6 nitrogen and oxygen atoms in total. The number of carbonyl (C=O) groups is 1. The van der Waals surface area contributed by atoms with Crippen molar-refractivity contribution in [2.75, 3.05) is 18.0 Å². The molecule has 152 valence electrons. The summed E-state index contributed by atoms with van der Waals surface area (Å²) in [6, 6.07) is 2.99. The van der Waals surface area contributed by atoms with E-state index in [1.54, 1.807) is 4.90 Å². The van der Waals surface area contributed by atoms with E-state index in [-0.39, 0.29) is 12.1 Å². The van der Waals surface area contributed by atoms with Crippen LogP contribution in [-0.2, 0) is 9.53 Å². The van der Waals surface area contributed by atoms with Crippen LogP contribution in [0.3, 0.4) is 0 Å². The normalized spacial score (nSPS) is 25.7. The molecule has 0 aliphatic carbocycles. The predicted molar refractivity (Wildman–Crippen MR) is 96.2 cm³/mol. The van der Waals surface area contributed by atoms with Crippen molar-refractivity contribution >= 4 is 11.9 Å². The van der Waals surface area contributed by atoms with Crippen molar-refractivity contribution in [2.45, 2.75) is 43.6 Å². The molecule has 3 fully saturated rings. The molecule has 1 spiro atoms. The molecular weight excluding hydrogens is 385 g/mol. The predicted octanol–water partition coefficient (Wildman–Crippen LogP) is 2.95. The second kappa shape index (κ2) is 6.69. The summed E-state index contributed by atoms with van der Waals surface area (Å²) in [6.07, 6.45) is 3.97. The summed E-state index contributed by atoms with van der Waals surface area (Å²) >= 11 is 0. The molecule has 4 heterocycles. The number of fused-ring (bicyclic) bond motifs is 1. The number of aromatic nitrogens is 2. The van der Waals surface area contributed by atoms with Crippen LogP contribution >= 0.6 is 0 Å². The van der Waals surface area contributed by atoms with E-state index in [2.05, 4.69) is 9.97 Å². The van der Waals surface area contributed by atoms with E-state index < -0.39 is 29.1 Å². The van der Waals surface area contributed by atoms with Gasteiger partial charge >= 0.3 is 0 Å². The van der Waals surface area contributed by atoms with E-state index in [9.17, 15) is 18.0 Å². The van der Waals surface area contributed by atoms with Crippen LogP contribution < -0.4 is 4.90 Å². The first-order valence-electron chi connectivity index (χ1n) is 9.64. The topological polar surface area (TPSA) is 58.6 Å². The van der Waals surface area contributed by atoms with Gasteiger partial charge in [-0.15, -0.1) is 0 Å². The quantitative estimate of drug-likeness (QED) is 0.770. The summed E-state index contributed by atoms with van der Waals surface area (Å²) < 4.78 is 46.6. The highest BCUT2D eigenvalue weighted by Gasteiger charge is 2.58. The van der Waals surface area contributed by atoms with E-state index in [0.29, 0.717) is 50.3 Å². The maximum atomic E-state index is 13.7. The molecular formula is C20H19F3N4O2. The first-order chi connectivity index (χ1) is 13.9. The average Bonchev–Trinajstić information content (AvgIpc) is 3.21. The number of anilines is 1. The molecule has 29 heavy (non-hydrogen) atoms. The summed E-state index contributed by atoms with van der Waals surface area (Å²) in [5, 5.41) is 0. The molecule has 0 N–H and O–H groups in total. The summed E-state index contributed by atoms with van der Waals surface area (Å²) in [7, 11) is 0. The Kier molecular flexibility index (Phi) is 4.23. The van der Waals surface area contributed by atoms with Crippen LogP contribution in [0.5, 0.6) is 0 Å². The summed E-state index contributed by atoms with van der Waals surface area (Å²) in [5.41, 5.74) is -0.484. The number of piperidine rings is 1. The van der Waals surface area contributed by atoms with Crippen LogP contribution in [-0.4, -0.2) is 45.7 Å². The molecule has 0 saturated carbocycles. The van der Waals surface area contributed by atoms with E-state index in [1.165, 1.54) is 12.1 Å². The van der Waals surface area contributed by atoms with Gasteiger partial charge < -0.3 is 14.5 Å². The number of nitrogens with zero attached hydrogens (tertiary/aromatic N) is 4. The van der Waals surface area contributed by atoms with Crippen LogP contribution in [0.25, 0.3) is 0 Å². The molecule has 3 aliphatic rings. The lowest BCUT2D eigenvalue weighted by atomic mass is 9.89. The standard InChI is InChI=1S/C20H19F3N4O2/c21-13-7-12(8-14(22)9-13)16-1-2-17-27(16)18(28)20(29-17)3-5-26(6-4-20)19-24-10-15(23)11-25-19/h7-11,16-17H,1-6H2. The highest BCUT2D eigenvalue weighted by Crippen LogP contribution is 2.47. The Morgan fingerprint density at radius 3 is 2.28 bits per heavy atom. The number of carbonyl (C=O) groups excluding carboxylic acids is 1. The van der Waals surface area contributed by atoms with Crippen molar-refractivity contribution in [1.29, 1.82) is 0 Å². The molecule has 3 aliphatic heterocycles. The largest absolute Gasteiger partial charge is 0.342 e. The number of halogens is 3. The minimum Gasteiger partial charge on any atom is -0.342 e. The molecule has 2 aromatic rings. The van der Waals surface area contributed by atoms with Crippen molar-refractivity contribution in [3.05, 3.63) is 53.6 Å². The number of amides is 1. The van der Waals surface area contributed by atoms with Crippen molar-refractivity contribution < 1.29 is 22.7 Å². The Bertz CT molecular complexity index is 927. The van der Waals surface area contributed by atoms with E-state index in [1.807, 2.05) is 4.90 Å². The van der Waals surface area contributed by atoms with Crippen molar-refractivity contribution in [3.8, 4) is 0 Å². The highest BCUT2D eigenvalue weighted by atomic mass is 19.1. The van der Waals surface area contributed by atoms with Gasteiger partial charge in [0, 0.05) is 32.0 Å². The van der Waals surface area contributed by atoms with Gasteiger partial charge in [0.2, 0.25) is 5.95 Å². The molecule has 2 atom stereocenters. The fourth-order valence-corrected chi connectivity index (χ4v) is 4.68. The lowest BCUT2D eigenvalue weighted by Crippen LogP contribution is -2.50. The summed E-state index contributed by atoms with van der Waals surface area (Å²) in [6.45, 7) is 0.994. The fraction of sp³-hybridized carbons (Fsp3) is 0.450. The monoisotopic (exact) mass is 404 g/mol. The maximum Gasteiger partial charge on any atom is 0.257 e. The number of ether oxygens (including phenoxy) is 1. The fourth-order valence-electron chi connectivity index (χ4n) is 4.68. The Morgan fingerprint density at radius 2 is 1.62 bits per heavy atom. The molecule has 9 heteroatoms. The van der Waals surface area contributed by atoms with E-state index in [0.717, 1.165) is 18.5 Å². The van der Waals surface area contributed by atoms with Gasteiger partial charge in [0.25, 0.3) is 5.91 Å². The third-order valence-corrected chi connectivity index (χ3v) is 6.05. The third-order valence-electron chi connectivity index (χ3n) is 6.05. The first-order valence-corrected chi connectivity index (χ1v) is 9.64. The highest BCUT2D eigenvalue weighted by molar-refractivity contribution is 5.88. The van der Waals surface area contributed by atoms with Gasteiger partial charge in [-0.3, -0.25) is 4.79 Å². The smallest absolute Gasteiger partial charge is 0.257 e. The Morgan fingerprint density at radius 1 is 0.966 bits per heavy atom. The Hall–Kier alpha value is -2.68. The Labute approximate surface area is 165 Å². The van der Waals surface area contributed by atoms with Gasteiger partial charge in [-0.25, -0.2) is 23.1 Å². The third kappa shape index (κ3) is 3.04. The first kappa shape index (κ1) is 18.4.